The summed E-state index contributed by atoms with van der Waals surface area (Å²) in [7, 11) is 1.46. The van der Waals surface area contributed by atoms with Crippen LogP contribution in [-0.2, 0) is 4.79 Å². The minimum Gasteiger partial charge on any atom is -0.504 e. The summed E-state index contributed by atoms with van der Waals surface area (Å²) in [5.74, 6) is -0.0659. The van der Waals surface area contributed by atoms with Crippen LogP contribution < -0.4 is 10.2 Å². The summed E-state index contributed by atoms with van der Waals surface area (Å²) in [5.41, 5.74) is 5.07. The molecular weight excluding hydrogens is 380 g/mol. The third-order valence-electron chi connectivity index (χ3n) is 4.50. The third-order valence-corrected chi connectivity index (χ3v) is 5.71. The van der Waals surface area contributed by atoms with Crippen LogP contribution in [0.15, 0.2) is 42.6 Å². The topological polar surface area (TPSA) is 96.2 Å². The number of methoxy groups -OCH3 is 1. The monoisotopic (exact) mass is 398 g/mol. The molecular formula is C19H18N4O4S. The number of aryl methyl sites for hydroxylation is 1. The molecule has 2 N–H and O–H groups in total. The second-order valence-corrected chi connectivity index (χ2v) is 7.34. The number of pyridine rings is 1. The number of aromatic hydroxyl groups is 1. The molecule has 0 spiro atoms. The van der Waals surface area contributed by atoms with Crippen LogP contribution in [0.2, 0.25) is 0 Å². The lowest BCUT2D eigenvalue weighted by molar-refractivity contribution is -0.130. The average molecular weight is 398 g/mol. The fourth-order valence-corrected chi connectivity index (χ4v) is 4.29. The van der Waals surface area contributed by atoms with E-state index >= 15 is 0 Å². The van der Waals surface area contributed by atoms with Crippen LogP contribution in [0.1, 0.15) is 27.1 Å². The molecule has 9 heteroatoms. The first kappa shape index (κ1) is 18.2. The maximum atomic E-state index is 13.0. The molecule has 0 radical (unpaired) electrons. The first-order chi connectivity index (χ1) is 13.5. The lowest BCUT2D eigenvalue weighted by Gasteiger charge is -2.25. The number of hydrogen-bond acceptors (Lipinski definition) is 6. The second kappa shape index (κ2) is 7.08. The van der Waals surface area contributed by atoms with Gasteiger partial charge in [0.1, 0.15) is 16.7 Å². The van der Waals surface area contributed by atoms with Crippen molar-refractivity contribution in [2.45, 2.75) is 12.3 Å². The highest BCUT2D eigenvalue weighted by molar-refractivity contribution is 8.00. The molecule has 3 heterocycles. The molecule has 1 aliphatic heterocycles. The van der Waals surface area contributed by atoms with E-state index in [0.29, 0.717) is 22.8 Å². The van der Waals surface area contributed by atoms with E-state index in [1.165, 1.54) is 29.9 Å². The van der Waals surface area contributed by atoms with E-state index in [0.717, 1.165) is 5.56 Å². The van der Waals surface area contributed by atoms with Crippen LogP contribution in [-0.4, -0.2) is 44.2 Å². The Hall–Kier alpha value is -3.20. The molecule has 0 saturated carbocycles. The van der Waals surface area contributed by atoms with Crippen LogP contribution in [0, 0.1) is 6.92 Å². The predicted molar refractivity (Wildman–Crippen MR) is 104 cm³/mol. The van der Waals surface area contributed by atoms with E-state index in [-0.39, 0.29) is 17.4 Å². The molecule has 28 heavy (non-hydrogen) atoms. The van der Waals surface area contributed by atoms with Gasteiger partial charge in [-0.3, -0.25) is 19.4 Å². The number of thioether (sulfide) groups is 1. The van der Waals surface area contributed by atoms with Gasteiger partial charge < -0.3 is 9.84 Å². The zero-order valence-electron chi connectivity index (χ0n) is 15.2. The Morgan fingerprint density at radius 3 is 2.96 bits per heavy atom. The van der Waals surface area contributed by atoms with Gasteiger partial charge in [-0.05, 0) is 36.8 Å². The van der Waals surface area contributed by atoms with E-state index in [1.807, 2.05) is 18.2 Å². The molecule has 1 unspecified atom stereocenters. The Morgan fingerprint density at radius 2 is 2.18 bits per heavy atom. The zero-order valence-corrected chi connectivity index (χ0v) is 16.1. The summed E-state index contributed by atoms with van der Waals surface area (Å²) in [5, 5.41) is 10.7. The number of benzene rings is 1. The Morgan fingerprint density at radius 1 is 1.36 bits per heavy atom. The fourth-order valence-electron chi connectivity index (χ4n) is 3.19. The standard InChI is InChI=1S/C19H18N4O4S/c1-11-17(22-8-4-3-5-15(22)20-11)18(26)21-23-16(25)10-28-19(23)12-6-7-13(24)14(9-12)27-2/h3-9,19,24H,10H2,1-2H3,(H,21,26). The number of hydrazine groups is 1. The van der Waals surface area contributed by atoms with Gasteiger partial charge in [-0.25, -0.2) is 9.99 Å². The number of amides is 2. The van der Waals surface area contributed by atoms with Crippen LogP contribution >= 0.6 is 11.8 Å². The Bertz CT molecular complexity index is 1080. The molecule has 4 rings (SSSR count). The van der Waals surface area contributed by atoms with Crippen molar-refractivity contribution in [1.82, 2.24) is 19.8 Å². The number of fused-ring (bicyclic) bond motifs is 1. The van der Waals surface area contributed by atoms with E-state index in [1.54, 1.807) is 29.7 Å². The quantitative estimate of drug-likeness (QED) is 0.700. The SMILES string of the molecule is COc1cc(C2SCC(=O)N2NC(=O)c2c(C)nc3ccccn23)ccc1O. The van der Waals surface area contributed by atoms with Gasteiger partial charge in [0.05, 0.1) is 18.6 Å². The Labute approximate surface area is 165 Å². The highest BCUT2D eigenvalue weighted by atomic mass is 32.2. The van der Waals surface area contributed by atoms with E-state index in [9.17, 15) is 14.7 Å². The predicted octanol–water partition coefficient (Wildman–Crippen LogP) is 2.28. The van der Waals surface area contributed by atoms with E-state index in [4.69, 9.17) is 4.74 Å². The van der Waals surface area contributed by atoms with Crippen LogP contribution in [0.4, 0.5) is 0 Å². The van der Waals surface area contributed by atoms with Gasteiger partial charge >= 0.3 is 0 Å². The van der Waals surface area contributed by atoms with Gasteiger partial charge in [0.25, 0.3) is 11.8 Å². The van der Waals surface area contributed by atoms with Crippen LogP contribution in [0.3, 0.4) is 0 Å². The molecule has 1 saturated heterocycles. The summed E-state index contributed by atoms with van der Waals surface area (Å²) in [6.07, 6.45) is 1.76. The Balaban J connectivity index is 1.64. The van der Waals surface area contributed by atoms with Crippen molar-refractivity contribution in [3.8, 4) is 11.5 Å². The lowest BCUT2D eigenvalue weighted by atomic mass is 10.2. The van der Waals surface area contributed by atoms with Gasteiger partial charge in [0.15, 0.2) is 11.5 Å². The lowest BCUT2D eigenvalue weighted by Crippen LogP contribution is -2.45. The summed E-state index contributed by atoms with van der Waals surface area (Å²) < 4.78 is 6.84. The van der Waals surface area contributed by atoms with Gasteiger partial charge in [0, 0.05) is 6.20 Å². The number of rotatable bonds is 4. The minimum atomic E-state index is -0.426. The molecule has 0 bridgehead atoms. The fraction of sp³-hybridized carbons (Fsp3) is 0.211. The van der Waals surface area contributed by atoms with Crippen molar-refractivity contribution >= 4 is 29.2 Å². The number of ether oxygens (including phenoxy) is 1. The summed E-state index contributed by atoms with van der Waals surface area (Å²) in [4.78, 5) is 29.8. The van der Waals surface area contributed by atoms with E-state index < -0.39 is 11.3 Å². The smallest absolute Gasteiger partial charge is 0.288 e. The number of nitrogens with one attached hydrogen (secondary N) is 1. The highest BCUT2D eigenvalue weighted by Crippen LogP contribution is 2.40. The number of nitrogens with zero attached hydrogens (tertiary/aromatic N) is 3. The zero-order chi connectivity index (χ0) is 19.8. The maximum Gasteiger partial charge on any atom is 0.288 e. The molecule has 2 amide bonds. The number of aromatic nitrogens is 2. The van der Waals surface area contributed by atoms with Crippen LogP contribution in [0.5, 0.6) is 11.5 Å². The molecule has 1 aromatic carbocycles. The van der Waals surface area contributed by atoms with Crippen molar-refractivity contribution < 1.29 is 19.4 Å². The van der Waals surface area contributed by atoms with Crippen molar-refractivity contribution in [3.05, 3.63) is 59.5 Å². The first-order valence-corrected chi connectivity index (χ1v) is 9.59. The number of hydrogen-bond donors (Lipinski definition) is 2. The summed E-state index contributed by atoms with van der Waals surface area (Å²) in [6, 6.07) is 10.3. The molecule has 144 valence electrons. The number of carbonyl (C=O) groups is 2. The maximum absolute atomic E-state index is 13.0. The van der Waals surface area contributed by atoms with Gasteiger partial charge in [0.2, 0.25) is 0 Å². The molecule has 1 fully saturated rings. The van der Waals surface area contributed by atoms with Crippen molar-refractivity contribution in [1.29, 1.82) is 0 Å². The summed E-state index contributed by atoms with van der Waals surface area (Å²) >= 11 is 1.39. The minimum absolute atomic E-state index is 0.0116. The van der Waals surface area contributed by atoms with Gasteiger partial charge in [-0.15, -0.1) is 11.8 Å². The highest BCUT2D eigenvalue weighted by Gasteiger charge is 2.35. The third kappa shape index (κ3) is 3.03. The molecule has 1 atom stereocenters. The number of phenolic OH excluding ortho intramolecular Hbond substituents is 1. The molecule has 1 aliphatic rings. The Kier molecular flexibility index (Phi) is 4.60. The van der Waals surface area contributed by atoms with Crippen molar-refractivity contribution in [2.75, 3.05) is 12.9 Å². The van der Waals surface area contributed by atoms with Gasteiger partial charge in [-0.2, -0.15) is 0 Å². The van der Waals surface area contributed by atoms with Gasteiger partial charge in [-0.1, -0.05) is 12.1 Å². The van der Waals surface area contributed by atoms with Crippen LogP contribution in [0.25, 0.3) is 5.65 Å². The molecule has 3 aromatic rings. The molecule has 0 aliphatic carbocycles. The second-order valence-electron chi connectivity index (χ2n) is 6.27. The first-order valence-electron chi connectivity index (χ1n) is 8.55. The van der Waals surface area contributed by atoms with Crippen molar-refractivity contribution in [2.24, 2.45) is 0 Å². The normalized spacial score (nSPS) is 16.6. The summed E-state index contributed by atoms with van der Waals surface area (Å²) in [6.45, 7) is 1.75. The van der Waals surface area contributed by atoms with Crippen molar-refractivity contribution in [3.63, 3.8) is 0 Å². The van der Waals surface area contributed by atoms with E-state index in [2.05, 4.69) is 10.4 Å². The molecule has 2 aromatic heterocycles. The number of imidazole rings is 1. The average Bonchev–Trinajstić information content (AvgIpc) is 3.21. The number of carbonyl (C=O) groups excluding carboxylic acids is 2. The molecule has 8 nitrogen and oxygen atoms in total. The largest absolute Gasteiger partial charge is 0.504 e. The number of phenols is 1.